The molecule has 1 aliphatic heterocycles. The Labute approximate surface area is 236 Å². The maximum Gasteiger partial charge on any atom is 0.409 e. The number of benzene rings is 2. The summed E-state index contributed by atoms with van der Waals surface area (Å²) in [6.07, 6.45) is 1.11. The van der Waals surface area contributed by atoms with Crippen LogP contribution in [0.3, 0.4) is 0 Å². The number of ether oxygens (including phenoxy) is 1. The number of furan rings is 1. The molecule has 2 aromatic heterocycles. The number of piperazine rings is 1. The first-order valence-corrected chi connectivity index (χ1v) is 15.2. The molecule has 210 valence electrons. The quantitative estimate of drug-likeness (QED) is 0.307. The number of hydrogen-bond acceptors (Lipinski definition) is 8. The molecule has 40 heavy (non-hydrogen) atoms. The fourth-order valence-corrected chi connectivity index (χ4v) is 7.22. The zero-order valence-corrected chi connectivity index (χ0v) is 24.1. The SMILES string of the molecule is CCOC(=O)N1CCN(S(=O)(=O)c2ccc(C(=O)N(Cc3ccco3)c3nc4c(C)cc(C)cc4s3)cc2)CC1. The van der Waals surface area contributed by atoms with Gasteiger partial charge in [-0.25, -0.2) is 18.2 Å². The van der Waals surface area contributed by atoms with Crippen molar-refractivity contribution in [2.75, 3.05) is 37.7 Å². The van der Waals surface area contributed by atoms with E-state index in [-0.39, 0.29) is 50.1 Å². The lowest BCUT2D eigenvalue weighted by atomic mass is 10.1. The molecule has 2 aromatic carbocycles. The highest BCUT2D eigenvalue weighted by molar-refractivity contribution is 7.89. The monoisotopic (exact) mass is 582 g/mol. The first-order chi connectivity index (χ1) is 19.2. The van der Waals surface area contributed by atoms with E-state index in [1.807, 2.05) is 19.9 Å². The van der Waals surface area contributed by atoms with Crippen LogP contribution in [0, 0.1) is 13.8 Å². The topological polar surface area (TPSA) is 113 Å². The van der Waals surface area contributed by atoms with E-state index < -0.39 is 16.1 Å². The Morgan fingerprint density at radius 1 is 1.07 bits per heavy atom. The molecular formula is C28H30N4O6S2. The maximum atomic E-state index is 13.8. The number of aromatic nitrogens is 1. The molecule has 0 unspecified atom stereocenters. The van der Waals surface area contributed by atoms with E-state index in [0.29, 0.717) is 16.5 Å². The number of aryl methyl sites for hydroxylation is 2. The Morgan fingerprint density at radius 3 is 2.45 bits per heavy atom. The van der Waals surface area contributed by atoms with E-state index in [4.69, 9.17) is 14.1 Å². The van der Waals surface area contributed by atoms with Gasteiger partial charge in [0.2, 0.25) is 10.0 Å². The fraction of sp³-hybridized carbons (Fsp3) is 0.321. The van der Waals surface area contributed by atoms with Crippen LogP contribution < -0.4 is 4.90 Å². The van der Waals surface area contributed by atoms with Gasteiger partial charge in [-0.1, -0.05) is 17.4 Å². The molecule has 0 spiro atoms. The minimum atomic E-state index is -3.80. The second-order valence-corrected chi connectivity index (χ2v) is 12.5. The number of fused-ring (bicyclic) bond motifs is 1. The van der Waals surface area contributed by atoms with Crippen LogP contribution in [0.5, 0.6) is 0 Å². The van der Waals surface area contributed by atoms with Gasteiger partial charge in [-0.2, -0.15) is 4.31 Å². The van der Waals surface area contributed by atoms with Crippen molar-refractivity contribution in [3.8, 4) is 0 Å². The minimum Gasteiger partial charge on any atom is -0.467 e. The van der Waals surface area contributed by atoms with Crippen molar-refractivity contribution in [1.82, 2.24) is 14.2 Å². The Kier molecular flexibility index (Phi) is 7.92. The van der Waals surface area contributed by atoms with E-state index in [1.54, 1.807) is 30.2 Å². The second-order valence-electron chi connectivity index (χ2n) is 9.51. The predicted octanol–water partition coefficient (Wildman–Crippen LogP) is 4.82. The first kappa shape index (κ1) is 27.8. The number of anilines is 1. The van der Waals surface area contributed by atoms with Gasteiger partial charge in [-0.05, 0) is 74.4 Å². The largest absolute Gasteiger partial charge is 0.467 e. The molecule has 0 bridgehead atoms. The highest BCUT2D eigenvalue weighted by atomic mass is 32.2. The number of carbonyl (C=O) groups is 2. The Morgan fingerprint density at radius 2 is 1.80 bits per heavy atom. The lowest BCUT2D eigenvalue weighted by Crippen LogP contribution is -2.50. The molecule has 0 radical (unpaired) electrons. The van der Waals surface area contributed by atoms with Gasteiger partial charge in [-0.15, -0.1) is 0 Å². The molecule has 12 heteroatoms. The number of amides is 2. The first-order valence-electron chi connectivity index (χ1n) is 12.9. The molecule has 2 amide bonds. The van der Waals surface area contributed by atoms with Gasteiger partial charge in [0.25, 0.3) is 5.91 Å². The summed E-state index contributed by atoms with van der Waals surface area (Å²) >= 11 is 1.42. The smallest absolute Gasteiger partial charge is 0.409 e. The summed E-state index contributed by atoms with van der Waals surface area (Å²) in [5.74, 6) is 0.276. The van der Waals surface area contributed by atoms with Gasteiger partial charge in [-0.3, -0.25) is 9.69 Å². The lowest BCUT2D eigenvalue weighted by molar-refractivity contribution is 0.0933. The maximum absolute atomic E-state index is 13.8. The van der Waals surface area contributed by atoms with Crippen LogP contribution in [0.15, 0.2) is 64.1 Å². The van der Waals surface area contributed by atoms with Crippen LogP contribution in [0.2, 0.25) is 0 Å². The van der Waals surface area contributed by atoms with E-state index in [0.717, 1.165) is 21.3 Å². The highest BCUT2D eigenvalue weighted by Crippen LogP contribution is 2.33. The highest BCUT2D eigenvalue weighted by Gasteiger charge is 2.31. The van der Waals surface area contributed by atoms with Gasteiger partial charge >= 0.3 is 6.09 Å². The second kappa shape index (κ2) is 11.4. The predicted molar refractivity (Wildman–Crippen MR) is 152 cm³/mol. The van der Waals surface area contributed by atoms with Crippen LogP contribution >= 0.6 is 11.3 Å². The Hall–Kier alpha value is -3.74. The third-order valence-electron chi connectivity index (χ3n) is 6.69. The van der Waals surface area contributed by atoms with Crippen LogP contribution in [0.1, 0.15) is 34.2 Å². The van der Waals surface area contributed by atoms with Gasteiger partial charge in [0, 0.05) is 31.7 Å². The van der Waals surface area contributed by atoms with Crippen LogP contribution in [-0.4, -0.2) is 67.4 Å². The van der Waals surface area contributed by atoms with Crippen LogP contribution in [0.4, 0.5) is 9.93 Å². The average molecular weight is 583 g/mol. The van der Waals surface area contributed by atoms with E-state index in [2.05, 4.69) is 6.07 Å². The average Bonchev–Trinajstić information content (AvgIpc) is 3.62. The van der Waals surface area contributed by atoms with Crippen molar-refractivity contribution < 1.29 is 27.2 Å². The number of hydrogen-bond donors (Lipinski definition) is 0. The van der Waals surface area contributed by atoms with E-state index >= 15 is 0 Å². The Bertz CT molecular complexity index is 1620. The van der Waals surface area contributed by atoms with Crippen molar-refractivity contribution >= 4 is 48.7 Å². The fourth-order valence-electron chi connectivity index (χ4n) is 4.66. The minimum absolute atomic E-state index is 0.0808. The number of nitrogens with zero attached hydrogens (tertiary/aromatic N) is 4. The number of thiazole rings is 1. The molecule has 10 nitrogen and oxygen atoms in total. The standard InChI is InChI=1S/C28H30N4O6S2/c1-4-37-28(34)30-11-13-31(14-12-30)40(35,36)23-9-7-21(8-10-23)26(33)32(18-22-6-5-15-38-22)27-29-25-20(3)16-19(2)17-24(25)39-27/h5-10,15-17H,4,11-14,18H2,1-3H3. The van der Waals surface area contributed by atoms with Crippen molar-refractivity contribution in [3.63, 3.8) is 0 Å². The van der Waals surface area contributed by atoms with E-state index in [9.17, 15) is 18.0 Å². The number of rotatable bonds is 7. The summed E-state index contributed by atoms with van der Waals surface area (Å²) in [4.78, 5) is 33.6. The zero-order valence-electron chi connectivity index (χ0n) is 22.5. The summed E-state index contributed by atoms with van der Waals surface area (Å²) < 4.78 is 39.4. The molecule has 1 aliphatic rings. The normalized spacial score (nSPS) is 14.4. The summed E-state index contributed by atoms with van der Waals surface area (Å²) in [6.45, 7) is 7.00. The van der Waals surface area contributed by atoms with Crippen molar-refractivity contribution in [2.45, 2.75) is 32.2 Å². The molecule has 4 aromatic rings. The molecule has 1 fully saturated rings. The third-order valence-corrected chi connectivity index (χ3v) is 9.63. The summed E-state index contributed by atoms with van der Waals surface area (Å²) in [7, 11) is -3.80. The van der Waals surface area contributed by atoms with Gasteiger partial charge in [0.05, 0.1) is 34.5 Å². The molecule has 1 saturated heterocycles. The van der Waals surface area contributed by atoms with Crippen LogP contribution in [-0.2, 0) is 21.3 Å². The van der Waals surface area contributed by atoms with Gasteiger partial charge < -0.3 is 14.1 Å². The van der Waals surface area contributed by atoms with Gasteiger partial charge in [0.15, 0.2) is 5.13 Å². The molecule has 0 saturated carbocycles. The molecule has 0 aliphatic carbocycles. The molecular weight excluding hydrogens is 552 g/mol. The zero-order chi connectivity index (χ0) is 28.4. The molecule has 0 atom stereocenters. The van der Waals surface area contributed by atoms with Crippen molar-refractivity contribution in [3.05, 3.63) is 77.2 Å². The van der Waals surface area contributed by atoms with Gasteiger partial charge in [0.1, 0.15) is 5.76 Å². The summed E-state index contributed by atoms with van der Waals surface area (Å²) in [6, 6.07) is 13.6. The molecule has 3 heterocycles. The molecule has 0 N–H and O–H groups in total. The summed E-state index contributed by atoms with van der Waals surface area (Å²) in [5.41, 5.74) is 3.31. The van der Waals surface area contributed by atoms with Crippen molar-refractivity contribution in [2.24, 2.45) is 0 Å². The van der Waals surface area contributed by atoms with E-state index in [1.165, 1.54) is 44.8 Å². The van der Waals surface area contributed by atoms with Crippen LogP contribution in [0.25, 0.3) is 10.2 Å². The third kappa shape index (κ3) is 5.60. The number of sulfonamides is 1. The number of carbonyl (C=O) groups excluding carboxylic acids is 2. The Balaban J connectivity index is 1.38. The molecule has 5 rings (SSSR count). The lowest BCUT2D eigenvalue weighted by Gasteiger charge is -2.33. The summed E-state index contributed by atoms with van der Waals surface area (Å²) in [5, 5.41) is 0.529. The van der Waals surface area contributed by atoms with Crippen molar-refractivity contribution in [1.29, 1.82) is 0 Å².